The molecule has 0 bridgehead atoms. The van der Waals surface area contributed by atoms with Gasteiger partial charge in [-0.2, -0.15) is 11.8 Å². The summed E-state index contributed by atoms with van der Waals surface area (Å²) in [5.41, 5.74) is 0. The summed E-state index contributed by atoms with van der Waals surface area (Å²) >= 11 is 1.84. The standard InChI is InChI=1S/C12H22N4S/c1-8(2)12-15-10(13-4)6-11(16-12)14-7-9(3)17-5/h6,8-9H,7H2,1-5H3,(H2,13,14,15,16). The first-order valence-corrected chi connectivity index (χ1v) is 7.19. The number of nitrogens with zero attached hydrogens (tertiary/aromatic N) is 2. The second-order valence-electron chi connectivity index (χ2n) is 4.33. The van der Waals surface area contributed by atoms with Crippen LogP contribution in [0.1, 0.15) is 32.5 Å². The zero-order chi connectivity index (χ0) is 12.8. The Morgan fingerprint density at radius 1 is 1.24 bits per heavy atom. The lowest BCUT2D eigenvalue weighted by Gasteiger charge is -2.13. The van der Waals surface area contributed by atoms with Crippen molar-refractivity contribution in [3.8, 4) is 0 Å². The van der Waals surface area contributed by atoms with Crippen LogP contribution in [-0.2, 0) is 0 Å². The molecule has 0 saturated heterocycles. The molecule has 1 atom stereocenters. The number of hydrogen-bond acceptors (Lipinski definition) is 5. The van der Waals surface area contributed by atoms with Crippen molar-refractivity contribution in [1.29, 1.82) is 0 Å². The Balaban J connectivity index is 2.80. The molecule has 0 radical (unpaired) electrons. The average Bonchev–Trinajstić information content (AvgIpc) is 2.35. The Bertz CT molecular complexity index is 354. The molecular formula is C12H22N4S. The van der Waals surface area contributed by atoms with Gasteiger partial charge >= 0.3 is 0 Å². The highest BCUT2D eigenvalue weighted by atomic mass is 32.2. The van der Waals surface area contributed by atoms with E-state index in [1.807, 2.05) is 24.9 Å². The summed E-state index contributed by atoms with van der Waals surface area (Å²) in [5, 5.41) is 7.00. The zero-order valence-electron chi connectivity index (χ0n) is 11.2. The normalized spacial score (nSPS) is 12.6. The van der Waals surface area contributed by atoms with Crippen LogP contribution in [0.5, 0.6) is 0 Å². The summed E-state index contributed by atoms with van der Waals surface area (Å²) in [4.78, 5) is 8.95. The van der Waals surface area contributed by atoms with Gasteiger partial charge in [-0.15, -0.1) is 0 Å². The van der Waals surface area contributed by atoms with Crippen LogP contribution in [0.2, 0.25) is 0 Å². The second-order valence-corrected chi connectivity index (χ2v) is 5.60. The second kappa shape index (κ2) is 6.69. The van der Waals surface area contributed by atoms with E-state index >= 15 is 0 Å². The number of thioether (sulfide) groups is 1. The molecule has 17 heavy (non-hydrogen) atoms. The van der Waals surface area contributed by atoms with Crippen molar-refractivity contribution in [2.24, 2.45) is 0 Å². The van der Waals surface area contributed by atoms with E-state index in [0.29, 0.717) is 11.2 Å². The van der Waals surface area contributed by atoms with Crippen molar-refractivity contribution in [2.75, 3.05) is 30.5 Å². The molecule has 0 saturated carbocycles. The molecule has 1 rings (SSSR count). The minimum absolute atomic E-state index is 0.335. The van der Waals surface area contributed by atoms with Crippen LogP contribution >= 0.6 is 11.8 Å². The third-order valence-corrected chi connectivity index (χ3v) is 3.46. The van der Waals surface area contributed by atoms with Crippen molar-refractivity contribution in [1.82, 2.24) is 9.97 Å². The molecule has 5 heteroatoms. The summed E-state index contributed by atoms with van der Waals surface area (Å²) < 4.78 is 0. The van der Waals surface area contributed by atoms with E-state index in [2.05, 4.69) is 47.6 Å². The zero-order valence-corrected chi connectivity index (χ0v) is 12.1. The minimum atomic E-state index is 0.335. The number of hydrogen-bond donors (Lipinski definition) is 2. The van der Waals surface area contributed by atoms with Gasteiger partial charge in [0.25, 0.3) is 0 Å². The van der Waals surface area contributed by atoms with Crippen LogP contribution in [0.3, 0.4) is 0 Å². The highest BCUT2D eigenvalue weighted by molar-refractivity contribution is 7.99. The monoisotopic (exact) mass is 254 g/mol. The summed E-state index contributed by atoms with van der Waals surface area (Å²) in [6, 6.07) is 1.94. The highest BCUT2D eigenvalue weighted by Gasteiger charge is 2.08. The van der Waals surface area contributed by atoms with Crippen molar-refractivity contribution in [2.45, 2.75) is 31.9 Å². The van der Waals surface area contributed by atoms with Crippen molar-refractivity contribution >= 4 is 23.4 Å². The Labute approximate surface area is 108 Å². The fourth-order valence-corrected chi connectivity index (χ4v) is 1.52. The van der Waals surface area contributed by atoms with E-state index in [-0.39, 0.29) is 0 Å². The molecule has 1 aromatic rings. The Hall–Kier alpha value is -0.970. The Morgan fingerprint density at radius 2 is 1.88 bits per heavy atom. The van der Waals surface area contributed by atoms with Gasteiger partial charge in [0.1, 0.15) is 17.5 Å². The maximum atomic E-state index is 4.52. The van der Waals surface area contributed by atoms with Gasteiger partial charge in [-0.05, 0) is 6.26 Å². The fourth-order valence-electron chi connectivity index (χ4n) is 1.27. The van der Waals surface area contributed by atoms with Gasteiger partial charge in [0.15, 0.2) is 0 Å². The molecule has 1 heterocycles. The van der Waals surface area contributed by atoms with Gasteiger partial charge in [-0.1, -0.05) is 20.8 Å². The lowest BCUT2D eigenvalue weighted by molar-refractivity contribution is 0.775. The average molecular weight is 254 g/mol. The van der Waals surface area contributed by atoms with Gasteiger partial charge in [0.05, 0.1) is 0 Å². The lowest BCUT2D eigenvalue weighted by atomic mass is 10.2. The first kappa shape index (κ1) is 14.1. The highest BCUT2D eigenvalue weighted by Crippen LogP contribution is 2.17. The molecule has 0 aliphatic heterocycles. The van der Waals surface area contributed by atoms with Crippen LogP contribution in [-0.4, -0.2) is 35.1 Å². The molecule has 0 aromatic carbocycles. The van der Waals surface area contributed by atoms with Gasteiger partial charge in [0, 0.05) is 30.8 Å². The molecule has 0 amide bonds. The fraction of sp³-hybridized carbons (Fsp3) is 0.667. The SMILES string of the molecule is CNc1cc(NCC(C)SC)nc(C(C)C)n1. The quantitative estimate of drug-likeness (QED) is 0.817. The predicted molar refractivity (Wildman–Crippen MR) is 77.1 cm³/mol. The molecule has 2 N–H and O–H groups in total. The predicted octanol–water partition coefficient (Wildman–Crippen LogP) is 2.81. The van der Waals surface area contributed by atoms with Crippen LogP contribution in [0.4, 0.5) is 11.6 Å². The Morgan fingerprint density at radius 3 is 2.41 bits per heavy atom. The van der Waals surface area contributed by atoms with Crippen LogP contribution in [0.25, 0.3) is 0 Å². The van der Waals surface area contributed by atoms with Gasteiger partial charge < -0.3 is 10.6 Å². The van der Waals surface area contributed by atoms with E-state index in [9.17, 15) is 0 Å². The molecule has 1 aromatic heterocycles. The molecule has 0 fully saturated rings. The van der Waals surface area contributed by atoms with E-state index < -0.39 is 0 Å². The van der Waals surface area contributed by atoms with Crippen LogP contribution < -0.4 is 10.6 Å². The van der Waals surface area contributed by atoms with Gasteiger partial charge in [-0.25, -0.2) is 9.97 Å². The lowest BCUT2D eigenvalue weighted by Crippen LogP contribution is -2.15. The maximum absolute atomic E-state index is 4.52. The Kier molecular flexibility index (Phi) is 5.55. The number of aromatic nitrogens is 2. The summed E-state index contributed by atoms with van der Waals surface area (Å²) in [6.07, 6.45) is 2.12. The number of rotatable bonds is 6. The molecule has 0 spiro atoms. The number of anilines is 2. The molecule has 4 nitrogen and oxygen atoms in total. The summed E-state index contributed by atoms with van der Waals surface area (Å²) in [6.45, 7) is 7.31. The van der Waals surface area contributed by atoms with Crippen LogP contribution in [0.15, 0.2) is 6.07 Å². The van der Waals surface area contributed by atoms with Gasteiger partial charge in [0.2, 0.25) is 0 Å². The third-order valence-electron chi connectivity index (χ3n) is 2.49. The first-order valence-electron chi connectivity index (χ1n) is 5.90. The van der Waals surface area contributed by atoms with Crippen LogP contribution in [0, 0.1) is 0 Å². The minimum Gasteiger partial charge on any atom is -0.373 e. The third kappa shape index (κ3) is 4.42. The topological polar surface area (TPSA) is 49.8 Å². The van der Waals surface area contributed by atoms with Crippen molar-refractivity contribution in [3.05, 3.63) is 11.9 Å². The van der Waals surface area contributed by atoms with E-state index in [1.165, 1.54) is 0 Å². The van der Waals surface area contributed by atoms with Crippen molar-refractivity contribution in [3.63, 3.8) is 0 Å². The first-order chi connectivity index (χ1) is 8.06. The summed E-state index contributed by atoms with van der Waals surface area (Å²) in [5.74, 6) is 2.97. The van der Waals surface area contributed by atoms with Crippen molar-refractivity contribution < 1.29 is 0 Å². The largest absolute Gasteiger partial charge is 0.373 e. The van der Waals surface area contributed by atoms with E-state index in [0.717, 1.165) is 24.0 Å². The smallest absolute Gasteiger partial charge is 0.135 e. The molecule has 96 valence electrons. The maximum Gasteiger partial charge on any atom is 0.135 e. The molecule has 1 unspecified atom stereocenters. The molecule has 0 aliphatic carbocycles. The molecular weight excluding hydrogens is 232 g/mol. The summed E-state index contributed by atoms with van der Waals surface area (Å²) in [7, 11) is 1.88. The van der Waals surface area contributed by atoms with E-state index in [1.54, 1.807) is 0 Å². The number of nitrogens with one attached hydrogen (secondary N) is 2. The van der Waals surface area contributed by atoms with E-state index in [4.69, 9.17) is 0 Å². The van der Waals surface area contributed by atoms with Gasteiger partial charge in [-0.3, -0.25) is 0 Å². The molecule has 0 aliphatic rings.